The number of aromatic nitrogens is 1. The van der Waals surface area contributed by atoms with Gasteiger partial charge in [-0.15, -0.1) is 0 Å². The van der Waals surface area contributed by atoms with Gasteiger partial charge in [0.2, 0.25) is 0 Å². The molecule has 19 heavy (non-hydrogen) atoms. The first kappa shape index (κ1) is 14.2. The number of nitrogens with two attached hydrogens (primary N) is 1. The monoisotopic (exact) mass is 278 g/mol. The Morgan fingerprint density at radius 3 is 2.84 bits per heavy atom. The summed E-state index contributed by atoms with van der Waals surface area (Å²) in [4.78, 5) is 7.27. The molecular formula is C14H22N4S. The highest BCUT2D eigenvalue weighted by Gasteiger charge is 2.16. The summed E-state index contributed by atoms with van der Waals surface area (Å²) >= 11 is 4.94. The Kier molecular flexibility index (Phi) is 5.10. The molecule has 1 aliphatic heterocycles. The summed E-state index contributed by atoms with van der Waals surface area (Å²) in [7, 11) is 0. The number of thiocarbonyl (C=S) groups is 1. The van der Waals surface area contributed by atoms with Crippen LogP contribution in [-0.4, -0.2) is 40.5 Å². The molecule has 1 saturated heterocycles. The molecule has 0 radical (unpaired) electrons. The van der Waals surface area contributed by atoms with Crippen LogP contribution in [0, 0.1) is 0 Å². The van der Waals surface area contributed by atoms with E-state index in [-0.39, 0.29) is 0 Å². The third-order valence-electron chi connectivity index (χ3n) is 3.59. The van der Waals surface area contributed by atoms with Crippen molar-refractivity contribution >= 4 is 23.0 Å². The van der Waals surface area contributed by atoms with E-state index in [2.05, 4.69) is 22.1 Å². The van der Waals surface area contributed by atoms with Crippen LogP contribution in [-0.2, 0) is 0 Å². The highest BCUT2D eigenvalue weighted by molar-refractivity contribution is 7.80. The van der Waals surface area contributed by atoms with E-state index in [0.717, 1.165) is 12.4 Å². The Hall–Kier alpha value is -1.20. The summed E-state index contributed by atoms with van der Waals surface area (Å²) < 4.78 is 0. The van der Waals surface area contributed by atoms with Crippen LogP contribution in [0.3, 0.4) is 0 Å². The second-order valence-electron chi connectivity index (χ2n) is 5.10. The maximum Gasteiger partial charge on any atom is 0.126 e. The molecule has 0 saturated carbocycles. The van der Waals surface area contributed by atoms with Gasteiger partial charge in [-0.3, -0.25) is 4.90 Å². The Balaban J connectivity index is 1.87. The Morgan fingerprint density at radius 2 is 2.16 bits per heavy atom. The number of piperidine rings is 1. The van der Waals surface area contributed by atoms with Crippen molar-refractivity contribution in [1.82, 2.24) is 9.88 Å². The fraction of sp³-hybridized carbons (Fsp3) is 0.571. The minimum Gasteiger partial charge on any atom is -0.388 e. The zero-order chi connectivity index (χ0) is 13.7. The molecule has 2 rings (SSSR count). The molecule has 1 unspecified atom stereocenters. The summed E-state index contributed by atoms with van der Waals surface area (Å²) in [5.41, 5.74) is 6.26. The molecule has 0 spiro atoms. The summed E-state index contributed by atoms with van der Waals surface area (Å²) in [5, 5.41) is 3.37. The third-order valence-corrected chi connectivity index (χ3v) is 3.80. The summed E-state index contributed by atoms with van der Waals surface area (Å²) in [5.74, 6) is 0.842. The molecular weight excluding hydrogens is 256 g/mol. The van der Waals surface area contributed by atoms with E-state index in [4.69, 9.17) is 18.0 Å². The molecule has 1 fully saturated rings. The molecule has 4 nitrogen and oxygen atoms in total. The second kappa shape index (κ2) is 6.82. The molecule has 1 aromatic rings. The summed E-state index contributed by atoms with van der Waals surface area (Å²) in [6.45, 7) is 5.58. The molecule has 0 aliphatic carbocycles. The van der Waals surface area contributed by atoms with Crippen LogP contribution in [0.15, 0.2) is 18.2 Å². The number of likely N-dealkylation sites (tertiary alicyclic amines) is 1. The molecule has 104 valence electrons. The summed E-state index contributed by atoms with van der Waals surface area (Å²) in [6, 6.07) is 6.23. The van der Waals surface area contributed by atoms with E-state index in [1.165, 1.54) is 32.4 Å². The smallest absolute Gasteiger partial charge is 0.126 e. The highest BCUT2D eigenvalue weighted by atomic mass is 32.1. The average molecular weight is 278 g/mol. The minimum atomic E-state index is 0.340. The number of anilines is 1. The van der Waals surface area contributed by atoms with Crippen molar-refractivity contribution in [3.05, 3.63) is 23.9 Å². The number of rotatable bonds is 5. The number of nitrogens with zero attached hydrogens (tertiary/aromatic N) is 2. The second-order valence-corrected chi connectivity index (χ2v) is 5.54. The zero-order valence-electron chi connectivity index (χ0n) is 11.4. The Bertz CT molecular complexity index is 429. The number of nitrogens with one attached hydrogen (secondary N) is 1. The predicted octanol–water partition coefficient (Wildman–Crippen LogP) is 2.00. The maximum absolute atomic E-state index is 5.59. The fourth-order valence-corrected chi connectivity index (χ4v) is 2.52. The minimum absolute atomic E-state index is 0.340. The van der Waals surface area contributed by atoms with Crippen molar-refractivity contribution < 1.29 is 0 Å². The van der Waals surface area contributed by atoms with Crippen molar-refractivity contribution in [2.45, 2.75) is 32.2 Å². The summed E-state index contributed by atoms with van der Waals surface area (Å²) in [6.07, 6.45) is 4.01. The van der Waals surface area contributed by atoms with Gasteiger partial charge in [0.05, 0.1) is 5.69 Å². The topological polar surface area (TPSA) is 54.2 Å². The van der Waals surface area contributed by atoms with E-state index in [1.807, 2.05) is 18.2 Å². The molecule has 2 heterocycles. The van der Waals surface area contributed by atoms with Crippen molar-refractivity contribution in [1.29, 1.82) is 0 Å². The van der Waals surface area contributed by atoms with Crippen LogP contribution >= 0.6 is 12.2 Å². The van der Waals surface area contributed by atoms with Crippen LogP contribution in [0.25, 0.3) is 0 Å². The van der Waals surface area contributed by atoms with Gasteiger partial charge in [-0.25, -0.2) is 4.98 Å². The lowest BCUT2D eigenvalue weighted by Crippen LogP contribution is -2.41. The van der Waals surface area contributed by atoms with Crippen LogP contribution in [0.2, 0.25) is 0 Å². The van der Waals surface area contributed by atoms with E-state index in [1.54, 1.807) is 0 Å². The number of hydrogen-bond acceptors (Lipinski definition) is 4. The molecule has 5 heteroatoms. The molecule has 0 amide bonds. The molecule has 0 aromatic carbocycles. The van der Waals surface area contributed by atoms with E-state index in [9.17, 15) is 0 Å². The normalized spacial score (nSPS) is 17.9. The van der Waals surface area contributed by atoms with Crippen molar-refractivity contribution in [3.63, 3.8) is 0 Å². The van der Waals surface area contributed by atoms with Crippen molar-refractivity contribution in [3.8, 4) is 0 Å². The lowest BCUT2D eigenvalue weighted by Gasteiger charge is -2.32. The van der Waals surface area contributed by atoms with Gasteiger partial charge in [-0.2, -0.15) is 0 Å². The van der Waals surface area contributed by atoms with Gasteiger partial charge in [-0.1, -0.05) is 24.7 Å². The molecule has 1 atom stereocenters. The first-order chi connectivity index (χ1) is 9.16. The fourth-order valence-electron chi connectivity index (χ4n) is 2.41. The zero-order valence-corrected chi connectivity index (χ0v) is 12.2. The molecule has 3 N–H and O–H groups in total. The number of hydrogen-bond donors (Lipinski definition) is 2. The first-order valence-corrected chi connectivity index (χ1v) is 7.32. The lowest BCUT2D eigenvalue weighted by molar-refractivity contribution is 0.180. The largest absolute Gasteiger partial charge is 0.388 e. The van der Waals surface area contributed by atoms with Crippen LogP contribution in [0.5, 0.6) is 0 Å². The quantitative estimate of drug-likeness (QED) is 0.807. The molecule has 0 bridgehead atoms. The van der Waals surface area contributed by atoms with Crippen LogP contribution in [0.1, 0.15) is 31.9 Å². The van der Waals surface area contributed by atoms with Gasteiger partial charge in [0.1, 0.15) is 10.8 Å². The van der Waals surface area contributed by atoms with Gasteiger partial charge in [0.25, 0.3) is 0 Å². The Morgan fingerprint density at radius 1 is 1.42 bits per heavy atom. The molecule has 1 aromatic heterocycles. The maximum atomic E-state index is 5.59. The molecule has 1 aliphatic rings. The third kappa shape index (κ3) is 4.14. The lowest BCUT2D eigenvalue weighted by atomic mass is 10.1. The van der Waals surface area contributed by atoms with Crippen molar-refractivity contribution in [2.24, 2.45) is 5.73 Å². The Labute approximate surface area is 120 Å². The van der Waals surface area contributed by atoms with Gasteiger partial charge in [0.15, 0.2) is 0 Å². The number of pyridine rings is 1. The first-order valence-electron chi connectivity index (χ1n) is 6.91. The van der Waals surface area contributed by atoms with E-state index in [0.29, 0.717) is 16.7 Å². The van der Waals surface area contributed by atoms with Gasteiger partial charge >= 0.3 is 0 Å². The van der Waals surface area contributed by atoms with E-state index >= 15 is 0 Å². The predicted molar refractivity (Wildman–Crippen MR) is 83.5 cm³/mol. The average Bonchev–Trinajstić information content (AvgIpc) is 2.46. The van der Waals surface area contributed by atoms with Gasteiger partial charge in [0, 0.05) is 12.6 Å². The van der Waals surface area contributed by atoms with Crippen LogP contribution in [0.4, 0.5) is 5.82 Å². The van der Waals surface area contributed by atoms with Crippen molar-refractivity contribution in [2.75, 3.05) is 25.0 Å². The van der Waals surface area contributed by atoms with Gasteiger partial charge < -0.3 is 11.1 Å². The highest BCUT2D eigenvalue weighted by Crippen LogP contribution is 2.13. The standard InChI is InChI=1S/C14H22N4S/c1-11(18-8-3-2-4-9-18)10-16-13-7-5-6-12(17-13)14(15)19/h5-7,11H,2-4,8-10H2,1H3,(H2,15,19)(H,16,17). The van der Waals surface area contributed by atoms with Crippen LogP contribution < -0.4 is 11.1 Å². The van der Waals surface area contributed by atoms with E-state index < -0.39 is 0 Å². The van der Waals surface area contributed by atoms with Gasteiger partial charge in [-0.05, 0) is 45.0 Å². The SMILES string of the molecule is CC(CNc1cccc(C(N)=S)n1)N1CCCCC1.